The third-order valence-corrected chi connectivity index (χ3v) is 7.48. The van der Waals surface area contributed by atoms with E-state index in [0.29, 0.717) is 60.8 Å². The second-order valence-corrected chi connectivity index (χ2v) is 10.3. The summed E-state index contributed by atoms with van der Waals surface area (Å²) < 4.78 is 41.5. The van der Waals surface area contributed by atoms with Crippen molar-refractivity contribution in [1.29, 1.82) is 0 Å². The highest BCUT2D eigenvalue weighted by Gasteiger charge is 2.41. The molecule has 0 radical (unpaired) electrons. The minimum Gasteiger partial charge on any atom is -0.366 e. The van der Waals surface area contributed by atoms with E-state index in [9.17, 15) is 13.2 Å². The second-order valence-electron chi connectivity index (χ2n) is 9.45. The van der Waals surface area contributed by atoms with Crippen LogP contribution in [0.15, 0.2) is 34.8 Å². The highest BCUT2D eigenvalue weighted by Crippen LogP contribution is 2.33. The summed E-state index contributed by atoms with van der Waals surface area (Å²) in [5.41, 5.74) is 2.11. The molecule has 1 N–H and O–H groups in total. The molecule has 6 nitrogen and oxygen atoms in total. The Hall–Kier alpha value is -2.52. The van der Waals surface area contributed by atoms with Crippen molar-refractivity contribution in [2.24, 2.45) is 10.9 Å². The molecule has 1 aromatic heterocycles. The zero-order chi connectivity index (χ0) is 25.4. The molecule has 0 saturated carbocycles. The number of nitrogens with one attached hydrogen (secondary N) is 1. The molecule has 0 amide bonds. The van der Waals surface area contributed by atoms with Crippen molar-refractivity contribution in [2.45, 2.75) is 38.9 Å². The summed E-state index contributed by atoms with van der Waals surface area (Å²) in [7, 11) is 0. The summed E-state index contributed by atoms with van der Waals surface area (Å²) in [6, 6.07) is 5.46. The van der Waals surface area contributed by atoms with Crippen molar-refractivity contribution in [1.82, 2.24) is 14.9 Å². The average molecular weight is 539 g/mol. The lowest BCUT2D eigenvalue weighted by molar-refractivity contribution is -0.0876. The van der Waals surface area contributed by atoms with Gasteiger partial charge in [-0.05, 0) is 36.5 Å². The number of fused-ring (bicyclic) bond motifs is 1. The van der Waals surface area contributed by atoms with Gasteiger partial charge in [0.1, 0.15) is 11.7 Å². The van der Waals surface area contributed by atoms with Gasteiger partial charge in [-0.3, -0.25) is 4.99 Å². The largest absolute Gasteiger partial charge is 0.419 e. The Morgan fingerprint density at radius 2 is 1.81 bits per heavy atom. The smallest absolute Gasteiger partial charge is 0.366 e. The van der Waals surface area contributed by atoms with Crippen LogP contribution in [0.25, 0.3) is 0 Å². The lowest BCUT2D eigenvalue weighted by Gasteiger charge is -2.31. The second kappa shape index (κ2) is 10.1. The Bertz CT molecular complexity index is 1210. The lowest BCUT2D eigenvalue weighted by Crippen LogP contribution is -2.40. The quantitative estimate of drug-likeness (QED) is 0.553. The molecule has 4 heterocycles. The summed E-state index contributed by atoms with van der Waals surface area (Å²) in [4.78, 5) is 17.8. The van der Waals surface area contributed by atoms with Crippen LogP contribution in [0.5, 0.6) is 0 Å². The summed E-state index contributed by atoms with van der Waals surface area (Å²) in [5.74, 6) is 1.16. The van der Waals surface area contributed by atoms with Crippen molar-refractivity contribution >= 4 is 40.8 Å². The van der Waals surface area contributed by atoms with E-state index in [0.717, 1.165) is 36.3 Å². The average Bonchev–Trinajstić information content (AvgIpc) is 3.01. The number of halogens is 5. The highest BCUT2D eigenvalue weighted by molar-refractivity contribution is 6.42. The van der Waals surface area contributed by atoms with Gasteiger partial charge in [0, 0.05) is 51.3 Å². The number of aromatic nitrogens is 2. The highest BCUT2D eigenvalue weighted by atomic mass is 35.5. The van der Waals surface area contributed by atoms with Crippen molar-refractivity contribution in [3.63, 3.8) is 0 Å². The van der Waals surface area contributed by atoms with E-state index < -0.39 is 11.7 Å². The molecule has 1 fully saturated rings. The number of nitrogens with zero attached hydrogens (tertiary/aromatic N) is 5. The van der Waals surface area contributed by atoms with E-state index in [4.69, 9.17) is 33.2 Å². The van der Waals surface area contributed by atoms with E-state index >= 15 is 0 Å². The Kier molecular flexibility index (Phi) is 7.05. The van der Waals surface area contributed by atoms with Gasteiger partial charge in [0.15, 0.2) is 0 Å². The number of aliphatic imine (C=N–C) groups is 1. The number of hydrogen-bond acceptors (Lipinski definition) is 6. The molecular weight excluding hydrogens is 512 g/mol. The fourth-order valence-electron chi connectivity index (χ4n) is 4.66. The number of hydrogen-bond donors (Lipinski definition) is 1. The van der Waals surface area contributed by atoms with E-state index in [2.05, 4.69) is 15.2 Å². The first-order valence-corrected chi connectivity index (χ1v) is 12.9. The van der Waals surface area contributed by atoms with Crippen LogP contribution in [-0.4, -0.2) is 59.6 Å². The van der Waals surface area contributed by atoms with Crippen LogP contribution in [0.3, 0.4) is 0 Å². The molecule has 1 saturated heterocycles. The monoisotopic (exact) mass is 538 g/mol. The molecule has 0 unspecified atom stereocenters. The first-order chi connectivity index (χ1) is 17.2. The Morgan fingerprint density at radius 3 is 2.50 bits per heavy atom. The van der Waals surface area contributed by atoms with E-state index in [1.165, 1.54) is 6.08 Å². The molecular formula is C25H27Cl2F3N6. The number of dihydropyridines is 1. The van der Waals surface area contributed by atoms with Gasteiger partial charge in [-0.1, -0.05) is 42.3 Å². The van der Waals surface area contributed by atoms with Crippen molar-refractivity contribution < 1.29 is 13.2 Å². The van der Waals surface area contributed by atoms with Crippen LogP contribution in [0.2, 0.25) is 10.0 Å². The van der Waals surface area contributed by atoms with Gasteiger partial charge in [0.25, 0.3) is 0 Å². The van der Waals surface area contributed by atoms with Gasteiger partial charge >= 0.3 is 6.18 Å². The topological polar surface area (TPSA) is 56.7 Å². The summed E-state index contributed by atoms with van der Waals surface area (Å²) in [5, 5.41) is 4.39. The Balaban J connectivity index is 1.41. The third-order valence-electron chi connectivity index (χ3n) is 6.74. The van der Waals surface area contributed by atoms with Gasteiger partial charge in [-0.25, -0.2) is 4.98 Å². The zero-order valence-corrected chi connectivity index (χ0v) is 21.4. The van der Waals surface area contributed by atoms with E-state index in [1.54, 1.807) is 17.9 Å². The molecule has 192 valence electrons. The van der Waals surface area contributed by atoms with Gasteiger partial charge < -0.3 is 15.1 Å². The number of alkyl halides is 3. The van der Waals surface area contributed by atoms with Gasteiger partial charge in [0.2, 0.25) is 5.95 Å². The van der Waals surface area contributed by atoms with Crippen LogP contribution >= 0.6 is 23.2 Å². The fourth-order valence-corrected chi connectivity index (χ4v) is 4.98. The van der Waals surface area contributed by atoms with Crippen molar-refractivity contribution in [2.75, 3.05) is 42.9 Å². The summed E-state index contributed by atoms with van der Waals surface area (Å²) >= 11 is 12.2. The molecule has 1 aromatic carbocycles. The summed E-state index contributed by atoms with van der Waals surface area (Å²) in [6.45, 7) is 5.20. The standard InChI is InChI=1S/C25H27Cl2F3N6/c1-15-11-18(25(28,29)30)23(32-13-15)35-9-5-17-21(6-10-35)33-24(36-7-2-8-36)34-22(17)31-14-16-3-4-19(26)20(27)12-16/h3-4,11-12,15H,2,5-10,13-14H2,1H3,(H,31,33,34)/t15-/m1/s1. The zero-order valence-electron chi connectivity index (χ0n) is 19.9. The molecule has 3 aliphatic rings. The van der Waals surface area contributed by atoms with Crippen LogP contribution < -0.4 is 10.2 Å². The van der Waals surface area contributed by atoms with E-state index in [-0.39, 0.29) is 11.8 Å². The molecule has 2 aromatic rings. The van der Waals surface area contributed by atoms with E-state index in [1.807, 2.05) is 12.1 Å². The lowest BCUT2D eigenvalue weighted by atomic mass is 10.0. The molecule has 3 aliphatic heterocycles. The third kappa shape index (κ3) is 5.27. The van der Waals surface area contributed by atoms with Crippen LogP contribution in [0, 0.1) is 5.92 Å². The maximum atomic E-state index is 13.8. The minimum atomic E-state index is -4.44. The molecule has 0 aliphatic carbocycles. The number of rotatable bonds is 4. The van der Waals surface area contributed by atoms with Crippen molar-refractivity contribution in [3.8, 4) is 0 Å². The molecule has 36 heavy (non-hydrogen) atoms. The first kappa shape index (κ1) is 25.1. The minimum absolute atomic E-state index is 0.0367. The van der Waals surface area contributed by atoms with Gasteiger partial charge in [-0.15, -0.1) is 0 Å². The van der Waals surface area contributed by atoms with Gasteiger partial charge in [-0.2, -0.15) is 18.2 Å². The number of anilines is 2. The molecule has 11 heteroatoms. The maximum absolute atomic E-state index is 13.8. The summed E-state index contributed by atoms with van der Waals surface area (Å²) in [6.07, 6.45) is -1.03. The Morgan fingerprint density at radius 1 is 1.03 bits per heavy atom. The number of benzene rings is 1. The maximum Gasteiger partial charge on any atom is 0.419 e. The first-order valence-electron chi connectivity index (χ1n) is 12.1. The Labute approximate surface area is 218 Å². The van der Waals surface area contributed by atoms with Crippen LogP contribution in [0.4, 0.5) is 24.9 Å². The molecule has 0 bridgehead atoms. The normalized spacial score (nSPS) is 20.2. The fraction of sp³-hybridized carbons (Fsp3) is 0.480. The van der Waals surface area contributed by atoms with Gasteiger partial charge in [0.05, 0.1) is 21.3 Å². The predicted molar refractivity (Wildman–Crippen MR) is 137 cm³/mol. The molecule has 0 spiro atoms. The predicted octanol–water partition coefficient (Wildman–Crippen LogP) is 5.54. The molecule has 1 atom stereocenters. The van der Waals surface area contributed by atoms with Crippen molar-refractivity contribution in [3.05, 3.63) is 56.7 Å². The number of amidine groups is 1. The van der Waals surface area contributed by atoms with Crippen LogP contribution in [0.1, 0.15) is 30.2 Å². The SMILES string of the molecule is C[C@@H]1C=C(C(F)(F)F)C(N2CCc3nc(N4CCC4)nc(NCc4ccc(Cl)c(Cl)c4)c3CC2)=NC1. The molecule has 5 rings (SSSR count). The van der Waals surface area contributed by atoms with Crippen LogP contribution in [-0.2, 0) is 19.4 Å².